The standard InChI is InChI=1S/C14H18FN3O2/c1-17(12-7-10-3-4-11(8-12)16-10)13-5-2-9(15)6-14(13)18(19)20/h2,5-6,10-12,16H,3-4,7-8H2,1H3. The molecule has 2 unspecified atom stereocenters. The van der Waals surface area contributed by atoms with E-state index < -0.39 is 10.7 Å². The zero-order chi connectivity index (χ0) is 14.3. The van der Waals surface area contributed by atoms with Crippen LogP contribution in [0.25, 0.3) is 0 Å². The van der Waals surface area contributed by atoms with Crippen molar-refractivity contribution >= 4 is 11.4 Å². The monoisotopic (exact) mass is 279 g/mol. The maximum Gasteiger partial charge on any atom is 0.295 e. The van der Waals surface area contributed by atoms with E-state index in [1.807, 2.05) is 11.9 Å². The van der Waals surface area contributed by atoms with Gasteiger partial charge in [-0.15, -0.1) is 0 Å². The summed E-state index contributed by atoms with van der Waals surface area (Å²) in [5.41, 5.74) is 0.348. The SMILES string of the molecule is CN(c1ccc(F)cc1[N+](=O)[O-])C1CC2CCC(C1)N2. The number of rotatable bonds is 3. The fourth-order valence-corrected chi connectivity index (χ4v) is 3.48. The van der Waals surface area contributed by atoms with Crippen molar-refractivity contribution in [3.8, 4) is 0 Å². The fourth-order valence-electron chi connectivity index (χ4n) is 3.48. The molecule has 2 atom stereocenters. The lowest BCUT2D eigenvalue weighted by Gasteiger charge is -2.36. The zero-order valence-electron chi connectivity index (χ0n) is 11.4. The van der Waals surface area contributed by atoms with E-state index in [2.05, 4.69) is 5.32 Å². The summed E-state index contributed by atoms with van der Waals surface area (Å²) in [6.07, 6.45) is 4.34. The van der Waals surface area contributed by atoms with Crippen molar-refractivity contribution in [2.45, 2.75) is 43.8 Å². The first kappa shape index (κ1) is 13.3. The molecule has 2 bridgehead atoms. The summed E-state index contributed by atoms with van der Waals surface area (Å²) in [7, 11) is 1.87. The van der Waals surface area contributed by atoms with Crippen molar-refractivity contribution in [1.29, 1.82) is 0 Å². The molecule has 1 N–H and O–H groups in total. The highest BCUT2D eigenvalue weighted by molar-refractivity contribution is 5.63. The molecule has 3 rings (SSSR count). The molecule has 2 saturated heterocycles. The van der Waals surface area contributed by atoms with E-state index in [0.29, 0.717) is 17.8 Å². The van der Waals surface area contributed by atoms with Gasteiger partial charge in [-0.05, 0) is 37.8 Å². The molecule has 0 spiro atoms. The Hall–Kier alpha value is -1.69. The van der Waals surface area contributed by atoms with Crippen LogP contribution in [0.4, 0.5) is 15.8 Å². The predicted molar refractivity (Wildman–Crippen MR) is 74.4 cm³/mol. The van der Waals surface area contributed by atoms with E-state index in [4.69, 9.17) is 0 Å². The minimum absolute atomic E-state index is 0.154. The predicted octanol–water partition coefficient (Wildman–Crippen LogP) is 2.45. The summed E-state index contributed by atoms with van der Waals surface area (Å²) in [6, 6.07) is 5.10. The number of piperidine rings is 1. The molecule has 0 saturated carbocycles. The molecule has 1 aromatic carbocycles. The molecule has 108 valence electrons. The lowest BCUT2D eigenvalue weighted by molar-refractivity contribution is -0.384. The van der Waals surface area contributed by atoms with Crippen LogP contribution in [-0.4, -0.2) is 30.1 Å². The third-order valence-electron chi connectivity index (χ3n) is 4.51. The third-order valence-corrected chi connectivity index (χ3v) is 4.51. The molecule has 2 aliphatic heterocycles. The first-order valence-corrected chi connectivity index (χ1v) is 6.97. The topological polar surface area (TPSA) is 58.4 Å². The van der Waals surface area contributed by atoms with Crippen LogP contribution in [0, 0.1) is 15.9 Å². The van der Waals surface area contributed by atoms with Crippen LogP contribution in [0.2, 0.25) is 0 Å². The second kappa shape index (κ2) is 5.01. The lowest BCUT2D eigenvalue weighted by atomic mass is 9.98. The van der Waals surface area contributed by atoms with Gasteiger partial charge in [0.05, 0.1) is 11.0 Å². The zero-order valence-corrected chi connectivity index (χ0v) is 11.4. The Balaban J connectivity index is 1.87. The van der Waals surface area contributed by atoms with Crippen LogP contribution in [0.5, 0.6) is 0 Å². The Morgan fingerprint density at radius 3 is 2.60 bits per heavy atom. The molecular weight excluding hydrogens is 261 g/mol. The Bertz CT molecular complexity index is 525. The number of fused-ring (bicyclic) bond motifs is 2. The smallest absolute Gasteiger partial charge is 0.295 e. The second-order valence-electron chi connectivity index (χ2n) is 5.76. The average molecular weight is 279 g/mol. The highest BCUT2D eigenvalue weighted by atomic mass is 19.1. The molecular formula is C14H18FN3O2. The summed E-state index contributed by atoms with van der Waals surface area (Å²) in [5, 5.41) is 14.7. The van der Waals surface area contributed by atoms with E-state index in [1.165, 1.54) is 25.0 Å². The van der Waals surface area contributed by atoms with Crippen molar-refractivity contribution in [1.82, 2.24) is 5.32 Å². The molecule has 2 fully saturated rings. The van der Waals surface area contributed by atoms with Crippen LogP contribution < -0.4 is 10.2 Å². The quantitative estimate of drug-likeness (QED) is 0.682. The maximum atomic E-state index is 13.2. The number of benzene rings is 1. The summed E-state index contributed by atoms with van der Waals surface area (Å²) >= 11 is 0. The van der Waals surface area contributed by atoms with Gasteiger partial charge >= 0.3 is 0 Å². The highest BCUT2D eigenvalue weighted by Crippen LogP contribution is 2.35. The summed E-state index contributed by atoms with van der Waals surface area (Å²) in [6.45, 7) is 0. The summed E-state index contributed by atoms with van der Waals surface area (Å²) in [4.78, 5) is 12.5. The lowest BCUT2D eigenvalue weighted by Crippen LogP contribution is -2.47. The van der Waals surface area contributed by atoms with Crippen molar-refractivity contribution in [3.63, 3.8) is 0 Å². The minimum atomic E-state index is -0.570. The number of nitrogens with zero attached hydrogens (tertiary/aromatic N) is 2. The number of nitrogens with one attached hydrogen (secondary N) is 1. The van der Waals surface area contributed by atoms with E-state index in [-0.39, 0.29) is 11.7 Å². The van der Waals surface area contributed by atoms with E-state index in [0.717, 1.165) is 18.9 Å². The number of hydrogen-bond donors (Lipinski definition) is 1. The number of halogens is 1. The summed E-state index contributed by atoms with van der Waals surface area (Å²) in [5.74, 6) is -0.570. The van der Waals surface area contributed by atoms with Crippen molar-refractivity contribution in [2.24, 2.45) is 0 Å². The maximum absolute atomic E-state index is 13.2. The van der Waals surface area contributed by atoms with E-state index in [1.54, 1.807) is 0 Å². The molecule has 0 radical (unpaired) electrons. The van der Waals surface area contributed by atoms with Crippen LogP contribution in [0.1, 0.15) is 25.7 Å². The minimum Gasteiger partial charge on any atom is -0.366 e. The molecule has 6 heteroatoms. The van der Waals surface area contributed by atoms with Gasteiger partial charge in [0.2, 0.25) is 0 Å². The normalized spacial score (nSPS) is 28.4. The van der Waals surface area contributed by atoms with Gasteiger partial charge in [0, 0.05) is 25.2 Å². The first-order chi connectivity index (χ1) is 9.54. The van der Waals surface area contributed by atoms with E-state index in [9.17, 15) is 14.5 Å². The third kappa shape index (κ3) is 2.35. The summed E-state index contributed by atoms with van der Waals surface area (Å²) < 4.78 is 13.2. The van der Waals surface area contributed by atoms with Gasteiger partial charge in [0.1, 0.15) is 11.5 Å². The number of nitro groups is 1. The van der Waals surface area contributed by atoms with Crippen molar-refractivity contribution < 1.29 is 9.31 Å². The number of hydrogen-bond acceptors (Lipinski definition) is 4. The van der Waals surface area contributed by atoms with Crippen LogP contribution in [-0.2, 0) is 0 Å². The first-order valence-electron chi connectivity index (χ1n) is 6.97. The molecule has 2 aliphatic rings. The Morgan fingerprint density at radius 1 is 1.35 bits per heavy atom. The van der Waals surface area contributed by atoms with Gasteiger partial charge in [-0.25, -0.2) is 4.39 Å². The molecule has 0 aromatic heterocycles. The fraction of sp³-hybridized carbons (Fsp3) is 0.571. The van der Waals surface area contributed by atoms with E-state index >= 15 is 0 Å². The Labute approximate surface area is 116 Å². The highest BCUT2D eigenvalue weighted by Gasteiger charge is 2.36. The molecule has 0 aliphatic carbocycles. The Morgan fingerprint density at radius 2 is 2.00 bits per heavy atom. The van der Waals surface area contributed by atoms with Gasteiger partial charge < -0.3 is 10.2 Å². The van der Waals surface area contributed by atoms with Crippen molar-refractivity contribution in [2.75, 3.05) is 11.9 Å². The largest absolute Gasteiger partial charge is 0.366 e. The van der Waals surface area contributed by atoms with Crippen LogP contribution in [0.3, 0.4) is 0 Å². The molecule has 1 aromatic rings. The molecule has 5 nitrogen and oxygen atoms in total. The second-order valence-corrected chi connectivity index (χ2v) is 5.76. The number of nitro benzene ring substituents is 1. The van der Waals surface area contributed by atoms with Gasteiger partial charge in [-0.2, -0.15) is 0 Å². The van der Waals surface area contributed by atoms with Crippen LogP contribution in [0.15, 0.2) is 18.2 Å². The molecule has 0 amide bonds. The van der Waals surface area contributed by atoms with Crippen molar-refractivity contribution in [3.05, 3.63) is 34.1 Å². The number of anilines is 1. The van der Waals surface area contributed by atoms with Gasteiger partial charge in [-0.3, -0.25) is 10.1 Å². The molecule has 2 heterocycles. The van der Waals surface area contributed by atoms with Crippen LogP contribution >= 0.6 is 0 Å². The molecule has 20 heavy (non-hydrogen) atoms. The van der Waals surface area contributed by atoms with Gasteiger partial charge in [0.15, 0.2) is 0 Å². The van der Waals surface area contributed by atoms with Gasteiger partial charge in [-0.1, -0.05) is 0 Å². The Kier molecular flexibility index (Phi) is 3.33. The average Bonchev–Trinajstić information content (AvgIpc) is 2.76. The van der Waals surface area contributed by atoms with Gasteiger partial charge in [0.25, 0.3) is 5.69 Å².